The lowest BCUT2D eigenvalue weighted by molar-refractivity contribution is -0.147. The Bertz CT molecular complexity index is 1170. The minimum absolute atomic E-state index is 0.0175. The van der Waals surface area contributed by atoms with Gasteiger partial charge in [-0.05, 0) is 36.4 Å². The molecule has 0 aliphatic carbocycles. The number of hydrogen-bond acceptors (Lipinski definition) is 8. The van der Waals surface area contributed by atoms with Crippen LogP contribution in [0.1, 0.15) is 16.8 Å². The van der Waals surface area contributed by atoms with Gasteiger partial charge in [-0.3, -0.25) is 19.3 Å². The topological polar surface area (TPSA) is 95.0 Å². The van der Waals surface area contributed by atoms with E-state index in [2.05, 4.69) is 4.98 Å². The number of methoxy groups -OCH3 is 2. The summed E-state index contributed by atoms with van der Waals surface area (Å²) in [7, 11) is 3.13. The van der Waals surface area contributed by atoms with E-state index in [9.17, 15) is 14.4 Å². The molecule has 1 saturated heterocycles. The van der Waals surface area contributed by atoms with Crippen LogP contribution in [0.5, 0.6) is 11.5 Å². The first-order valence-electron chi connectivity index (χ1n) is 10.2. The van der Waals surface area contributed by atoms with Crippen LogP contribution < -0.4 is 14.4 Å². The van der Waals surface area contributed by atoms with Gasteiger partial charge in [0, 0.05) is 29.5 Å². The Morgan fingerprint density at radius 2 is 1.85 bits per heavy atom. The fourth-order valence-electron chi connectivity index (χ4n) is 3.47. The molecule has 1 aromatic heterocycles. The van der Waals surface area contributed by atoms with Crippen LogP contribution in [-0.2, 0) is 14.3 Å². The zero-order valence-corrected chi connectivity index (χ0v) is 19.0. The third-order valence-electron chi connectivity index (χ3n) is 5.30. The lowest BCUT2D eigenvalue weighted by atomic mass is 10.1. The molecule has 8 nitrogen and oxygen atoms in total. The van der Waals surface area contributed by atoms with Gasteiger partial charge in [-0.2, -0.15) is 0 Å². The number of hydrogen-bond donors (Lipinski definition) is 0. The number of esters is 1. The largest absolute Gasteiger partial charge is 0.497 e. The highest BCUT2D eigenvalue weighted by atomic mass is 32.1. The molecule has 1 amide bonds. The number of anilines is 1. The molecule has 2 aromatic carbocycles. The number of aromatic nitrogens is 1. The minimum Gasteiger partial charge on any atom is -0.497 e. The Hall–Kier alpha value is -3.72. The Morgan fingerprint density at radius 3 is 2.58 bits per heavy atom. The maximum atomic E-state index is 12.5. The van der Waals surface area contributed by atoms with Gasteiger partial charge in [0.1, 0.15) is 11.5 Å². The molecule has 0 spiro atoms. The molecule has 170 valence electrons. The quantitative estimate of drug-likeness (QED) is 0.370. The van der Waals surface area contributed by atoms with Crippen molar-refractivity contribution in [3.63, 3.8) is 0 Å². The van der Waals surface area contributed by atoms with Gasteiger partial charge in [0.2, 0.25) is 5.91 Å². The highest BCUT2D eigenvalue weighted by molar-refractivity contribution is 7.14. The van der Waals surface area contributed by atoms with Crippen LogP contribution in [0, 0.1) is 5.92 Å². The number of carbonyl (C=O) groups excluding carboxylic acids is 3. The number of nitrogens with zero attached hydrogens (tertiary/aromatic N) is 2. The highest BCUT2D eigenvalue weighted by Gasteiger charge is 2.37. The van der Waals surface area contributed by atoms with Gasteiger partial charge >= 0.3 is 5.97 Å². The molecule has 9 heteroatoms. The van der Waals surface area contributed by atoms with Gasteiger partial charge in [0.05, 0.1) is 25.8 Å². The van der Waals surface area contributed by atoms with Crippen LogP contribution in [0.25, 0.3) is 11.3 Å². The monoisotopic (exact) mass is 466 g/mol. The summed E-state index contributed by atoms with van der Waals surface area (Å²) >= 11 is 1.33. The third-order valence-corrected chi connectivity index (χ3v) is 6.17. The van der Waals surface area contributed by atoms with Crippen LogP contribution in [0.4, 0.5) is 5.13 Å². The zero-order valence-electron chi connectivity index (χ0n) is 18.1. The first kappa shape index (κ1) is 22.5. The molecule has 1 aliphatic rings. The van der Waals surface area contributed by atoms with E-state index in [4.69, 9.17) is 14.2 Å². The molecule has 0 bridgehead atoms. The molecular weight excluding hydrogens is 444 g/mol. The van der Waals surface area contributed by atoms with E-state index in [1.165, 1.54) is 23.3 Å². The Kier molecular flexibility index (Phi) is 6.69. The van der Waals surface area contributed by atoms with Crippen LogP contribution in [-0.4, -0.2) is 50.0 Å². The molecule has 0 radical (unpaired) electrons. The average molecular weight is 467 g/mol. The van der Waals surface area contributed by atoms with Gasteiger partial charge < -0.3 is 14.2 Å². The lowest BCUT2D eigenvalue weighted by Crippen LogP contribution is -2.27. The average Bonchev–Trinajstić information content (AvgIpc) is 3.49. The number of ether oxygens (including phenoxy) is 3. The molecule has 1 atom stereocenters. The zero-order chi connectivity index (χ0) is 23.4. The van der Waals surface area contributed by atoms with Gasteiger partial charge in [0.25, 0.3) is 0 Å². The fraction of sp³-hybridized carbons (Fsp3) is 0.250. The van der Waals surface area contributed by atoms with Crippen molar-refractivity contribution in [3.8, 4) is 22.8 Å². The molecule has 33 heavy (non-hydrogen) atoms. The van der Waals surface area contributed by atoms with Crippen molar-refractivity contribution >= 4 is 34.1 Å². The smallest absolute Gasteiger partial charge is 0.311 e. The highest BCUT2D eigenvalue weighted by Crippen LogP contribution is 2.33. The van der Waals surface area contributed by atoms with E-state index < -0.39 is 11.9 Å². The molecule has 3 aromatic rings. The molecule has 1 fully saturated rings. The van der Waals surface area contributed by atoms with Gasteiger partial charge in [-0.25, -0.2) is 4.98 Å². The van der Waals surface area contributed by atoms with E-state index in [-0.39, 0.29) is 31.3 Å². The standard InChI is InChI=1S/C24H22N2O6S/c1-30-18-8-6-15(7-9-18)21(27)13-32-23(29)17-11-22(28)26(12-17)24-25-20(14-33-24)16-4-3-5-19(10-16)31-2/h3-10,14,17H,11-13H2,1-2H3. The van der Waals surface area contributed by atoms with E-state index in [1.54, 1.807) is 31.4 Å². The molecule has 4 rings (SSSR count). The van der Waals surface area contributed by atoms with E-state index >= 15 is 0 Å². The number of benzene rings is 2. The van der Waals surface area contributed by atoms with Gasteiger partial charge in [-0.1, -0.05) is 12.1 Å². The number of amides is 1. The number of carbonyl (C=O) groups is 3. The van der Waals surface area contributed by atoms with Crippen LogP contribution in [0.3, 0.4) is 0 Å². The summed E-state index contributed by atoms with van der Waals surface area (Å²) < 4.78 is 15.5. The van der Waals surface area contributed by atoms with E-state index in [0.29, 0.717) is 22.2 Å². The Balaban J connectivity index is 1.36. The lowest BCUT2D eigenvalue weighted by Gasteiger charge is -2.13. The molecule has 2 heterocycles. The van der Waals surface area contributed by atoms with Crippen LogP contribution >= 0.6 is 11.3 Å². The second kappa shape index (κ2) is 9.83. The van der Waals surface area contributed by atoms with Crippen molar-refractivity contribution in [3.05, 3.63) is 59.5 Å². The predicted octanol–water partition coefficient (Wildman–Crippen LogP) is 3.61. The number of Topliss-reactive ketones (excluding diaryl/α,β-unsaturated/α-hetero) is 1. The normalized spacial score (nSPS) is 15.4. The molecule has 1 unspecified atom stereocenters. The summed E-state index contributed by atoms with van der Waals surface area (Å²) in [6.07, 6.45) is 0.0175. The number of thiazole rings is 1. The Labute approximate surface area is 194 Å². The number of ketones is 1. The van der Waals surface area contributed by atoms with Crippen molar-refractivity contribution < 1.29 is 28.6 Å². The molecular formula is C24H22N2O6S. The summed E-state index contributed by atoms with van der Waals surface area (Å²) in [5.74, 6) is -0.404. The van der Waals surface area contributed by atoms with Crippen molar-refractivity contribution in [2.24, 2.45) is 5.92 Å². The first-order valence-corrected chi connectivity index (χ1v) is 11.1. The summed E-state index contributed by atoms with van der Waals surface area (Å²) in [5, 5.41) is 2.37. The minimum atomic E-state index is -0.648. The van der Waals surface area contributed by atoms with E-state index in [1.807, 2.05) is 29.6 Å². The Morgan fingerprint density at radius 1 is 1.09 bits per heavy atom. The fourth-order valence-corrected chi connectivity index (χ4v) is 4.33. The van der Waals surface area contributed by atoms with E-state index in [0.717, 1.165) is 11.3 Å². The second-order valence-corrected chi connectivity index (χ2v) is 8.25. The van der Waals surface area contributed by atoms with Crippen molar-refractivity contribution in [1.29, 1.82) is 0 Å². The van der Waals surface area contributed by atoms with Crippen molar-refractivity contribution in [2.45, 2.75) is 6.42 Å². The SMILES string of the molecule is COc1ccc(C(=O)COC(=O)C2CC(=O)N(c3nc(-c4cccc(OC)c4)cs3)C2)cc1. The maximum absolute atomic E-state index is 12.5. The summed E-state index contributed by atoms with van der Waals surface area (Å²) in [4.78, 5) is 43.4. The molecule has 1 aliphatic heterocycles. The molecule has 0 saturated carbocycles. The summed E-state index contributed by atoms with van der Waals surface area (Å²) in [6.45, 7) is -0.216. The van der Waals surface area contributed by atoms with Gasteiger partial charge in [-0.15, -0.1) is 11.3 Å². The van der Waals surface area contributed by atoms with Crippen LogP contribution in [0.2, 0.25) is 0 Å². The maximum Gasteiger partial charge on any atom is 0.311 e. The van der Waals surface area contributed by atoms with Crippen molar-refractivity contribution in [2.75, 3.05) is 32.3 Å². The summed E-state index contributed by atoms with van der Waals surface area (Å²) in [6, 6.07) is 14.0. The van der Waals surface area contributed by atoms with Crippen molar-refractivity contribution in [1.82, 2.24) is 4.98 Å². The second-order valence-electron chi connectivity index (χ2n) is 7.41. The van der Waals surface area contributed by atoms with Crippen LogP contribution in [0.15, 0.2) is 53.9 Å². The number of rotatable bonds is 8. The summed E-state index contributed by atoms with van der Waals surface area (Å²) in [5.41, 5.74) is 2.01. The first-order chi connectivity index (χ1) is 16.0. The third kappa shape index (κ3) is 5.04. The predicted molar refractivity (Wildman–Crippen MR) is 123 cm³/mol. The molecule has 0 N–H and O–H groups in total. The van der Waals surface area contributed by atoms with Gasteiger partial charge in [0.15, 0.2) is 17.5 Å².